The second kappa shape index (κ2) is 9.94. The molecule has 0 amide bonds. The van der Waals surface area contributed by atoms with Gasteiger partial charge in [-0.3, -0.25) is 0 Å². The number of aryl methyl sites for hydroxylation is 1. The van der Waals surface area contributed by atoms with Crippen molar-refractivity contribution in [2.24, 2.45) is 11.7 Å². The van der Waals surface area contributed by atoms with Gasteiger partial charge in [0.05, 0.1) is 13.7 Å². The maximum Gasteiger partial charge on any atom is 0.119 e. The van der Waals surface area contributed by atoms with E-state index in [0.717, 1.165) is 19.0 Å². The van der Waals surface area contributed by atoms with Crippen LogP contribution in [-0.4, -0.2) is 27.4 Å². The lowest BCUT2D eigenvalue weighted by molar-refractivity contribution is -0.0133. The number of nitrogens with two attached hydrogens (primary N) is 1. The van der Waals surface area contributed by atoms with Crippen LogP contribution in [-0.2, 0) is 10.2 Å². The molecule has 0 saturated carbocycles. The van der Waals surface area contributed by atoms with Gasteiger partial charge >= 0.3 is 0 Å². The summed E-state index contributed by atoms with van der Waals surface area (Å²) in [5.74, 6) is 1.68. The summed E-state index contributed by atoms with van der Waals surface area (Å²) in [5.41, 5.74) is 7.49. The molecule has 0 aliphatic carbocycles. The van der Waals surface area contributed by atoms with Crippen molar-refractivity contribution >= 4 is 0 Å². The van der Waals surface area contributed by atoms with Gasteiger partial charge in [0.25, 0.3) is 0 Å². The molecule has 0 spiro atoms. The standard InChI is InChI=1S/C19H30O2.CH5N/c1-5-7-11-19(14-21-12-10-16(19)6-2)18-13-17(20-4)9-8-15(18)3;1-2/h8-9,13,16H,5-7,10-12,14H2,1-4H3;2H2,1H3. The van der Waals surface area contributed by atoms with Crippen LogP contribution < -0.4 is 10.5 Å². The smallest absolute Gasteiger partial charge is 0.119 e. The average molecular weight is 322 g/mol. The van der Waals surface area contributed by atoms with Crippen LogP contribution in [0.4, 0.5) is 0 Å². The molecule has 1 aliphatic rings. The van der Waals surface area contributed by atoms with Crippen LogP contribution in [0, 0.1) is 12.8 Å². The summed E-state index contributed by atoms with van der Waals surface area (Å²) in [7, 11) is 3.25. The Balaban J connectivity index is 0.00000127. The predicted molar refractivity (Wildman–Crippen MR) is 98.3 cm³/mol. The molecule has 1 aliphatic heterocycles. The van der Waals surface area contributed by atoms with Crippen molar-refractivity contribution in [2.45, 2.75) is 58.3 Å². The second-order valence-corrected chi connectivity index (χ2v) is 6.39. The van der Waals surface area contributed by atoms with Crippen molar-refractivity contribution in [3.8, 4) is 5.75 Å². The molecule has 2 atom stereocenters. The van der Waals surface area contributed by atoms with Gasteiger partial charge in [-0.15, -0.1) is 0 Å². The normalized spacial score (nSPS) is 23.8. The molecule has 3 heteroatoms. The van der Waals surface area contributed by atoms with Gasteiger partial charge < -0.3 is 15.2 Å². The first-order chi connectivity index (χ1) is 11.2. The lowest BCUT2D eigenvalue weighted by atomic mass is 9.63. The van der Waals surface area contributed by atoms with Gasteiger partial charge in [0, 0.05) is 12.0 Å². The second-order valence-electron chi connectivity index (χ2n) is 6.39. The summed E-state index contributed by atoms with van der Waals surface area (Å²) < 4.78 is 11.4. The SMILES string of the molecule is CCCCC1(c2cc(OC)ccc2C)COCCC1CC.CN. The van der Waals surface area contributed by atoms with E-state index >= 15 is 0 Å². The first-order valence-electron chi connectivity index (χ1n) is 8.98. The molecule has 0 aromatic heterocycles. The number of methoxy groups -OCH3 is 1. The van der Waals surface area contributed by atoms with Crippen molar-refractivity contribution in [3.05, 3.63) is 29.3 Å². The monoisotopic (exact) mass is 321 g/mol. The zero-order chi connectivity index (χ0) is 17.3. The first-order valence-corrected chi connectivity index (χ1v) is 8.98. The molecule has 2 N–H and O–H groups in total. The minimum absolute atomic E-state index is 0.168. The highest BCUT2D eigenvalue weighted by Gasteiger charge is 2.42. The Kier molecular flexibility index (Phi) is 8.64. The number of rotatable bonds is 6. The van der Waals surface area contributed by atoms with Gasteiger partial charge in [-0.05, 0) is 56.0 Å². The van der Waals surface area contributed by atoms with Crippen molar-refractivity contribution < 1.29 is 9.47 Å². The summed E-state index contributed by atoms with van der Waals surface area (Å²) in [6, 6.07) is 6.52. The van der Waals surface area contributed by atoms with Gasteiger partial charge in [-0.2, -0.15) is 0 Å². The van der Waals surface area contributed by atoms with Crippen LogP contribution in [0.15, 0.2) is 18.2 Å². The van der Waals surface area contributed by atoms with E-state index in [1.807, 2.05) is 0 Å². The minimum Gasteiger partial charge on any atom is -0.497 e. The topological polar surface area (TPSA) is 44.5 Å². The molecule has 1 aromatic carbocycles. The Bertz CT molecular complexity index is 461. The molecule has 1 aromatic rings. The van der Waals surface area contributed by atoms with E-state index in [4.69, 9.17) is 9.47 Å². The van der Waals surface area contributed by atoms with Crippen LogP contribution in [0.25, 0.3) is 0 Å². The van der Waals surface area contributed by atoms with E-state index in [0.29, 0.717) is 5.92 Å². The first kappa shape index (κ1) is 20.0. The third-order valence-electron chi connectivity index (χ3n) is 5.20. The zero-order valence-corrected chi connectivity index (χ0v) is 15.7. The molecule has 1 saturated heterocycles. The highest BCUT2D eigenvalue weighted by Crippen LogP contribution is 2.45. The summed E-state index contributed by atoms with van der Waals surface area (Å²) in [4.78, 5) is 0. The van der Waals surface area contributed by atoms with Crippen LogP contribution in [0.1, 0.15) is 57.1 Å². The number of hydrogen-bond donors (Lipinski definition) is 1. The summed E-state index contributed by atoms with van der Waals surface area (Å²) in [5, 5.41) is 0. The van der Waals surface area contributed by atoms with Crippen molar-refractivity contribution in [3.63, 3.8) is 0 Å². The number of ether oxygens (including phenoxy) is 2. The molecular formula is C20H35NO2. The van der Waals surface area contributed by atoms with E-state index in [1.165, 1.54) is 50.3 Å². The maximum absolute atomic E-state index is 5.96. The predicted octanol–water partition coefficient (Wildman–Crippen LogP) is 4.45. The van der Waals surface area contributed by atoms with Gasteiger partial charge in [-0.1, -0.05) is 39.2 Å². The molecule has 2 unspecified atom stereocenters. The van der Waals surface area contributed by atoms with Crippen LogP contribution in [0.2, 0.25) is 0 Å². The van der Waals surface area contributed by atoms with Gasteiger partial charge in [0.1, 0.15) is 5.75 Å². The Morgan fingerprint density at radius 3 is 2.65 bits per heavy atom. The lowest BCUT2D eigenvalue weighted by Gasteiger charge is -2.45. The van der Waals surface area contributed by atoms with Gasteiger partial charge in [0.2, 0.25) is 0 Å². The lowest BCUT2D eigenvalue weighted by Crippen LogP contribution is -2.44. The van der Waals surface area contributed by atoms with E-state index in [2.05, 4.69) is 44.7 Å². The third kappa shape index (κ3) is 4.48. The molecule has 0 bridgehead atoms. The molecule has 1 fully saturated rings. The summed E-state index contributed by atoms with van der Waals surface area (Å²) in [6.45, 7) is 8.60. The quantitative estimate of drug-likeness (QED) is 0.841. The number of hydrogen-bond acceptors (Lipinski definition) is 3. The van der Waals surface area contributed by atoms with Crippen LogP contribution in [0.5, 0.6) is 5.75 Å². The number of benzene rings is 1. The zero-order valence-electron chi connectivity index (χ0n) is 15.7. The van der Waals surface area contributed by atoms with E-state index in [9.17, 15) is 0 Å². The Morgan fingerprint density at radius 2 is 2.04 bits per heavy atom. The molecule has 23 heavy (non-hydrogen) atoms. The number of unbranched alkanes of at least 4 members (excludes halogenated alkanes) is 1. The van der Waals surface area contributed by atoms with Crippen molar-refractivity contribution in [1.82, 2.24) is 0 Å². The van der Waals surface area contributed by atoms with Crippen LogP contribution in [0.3, 0.4) is 0 Å². The fourth-order valence-electron chi connectivity index (χ4n) is 3.93. The van der Waals surface area contributed by atoms with Gasteiger partial charge in [-0.25, -0.2) is 0 Å². The maximum atomic E-state index is 5.96. The Hall–Kier alpha value is -1.06. The fourth-order valence-corrected chi connectivity index (χ4v) is 3.93. The molecule has 132 valence electrons. The molecule has 0 radical (unpaired) electrons. The van der Waals surface area contributed by atoms with E-state index in [1.54, 1.807) is 7.11 Å². The summed E-state index contributed by atoms with van der Waals surface area (Å²) in [6.07, 6.45) is 6.12. The Labute approximate surface area is 142 Å². The summed E-state index contributed by atoms with van der Waals surface area (Å²) >= 11 is 0. The van der Waals surface area contributed by atoms with Crippen molar-refractivity contribution in [2.75, 3.05) is 27.4 Å². The van der Waals surface area contributed by atoms with Crippen molar-refractivity contribution in [1.29, 1.82) is 0 Å². The highest BCUT2D eigenvalue weighted by molar-refractivity contribution is 5.41. The third-order valence-corrected chi connectivity index (χ3v) is 5.20. The molecule has 2 rings (SSSR count). The van der Waals surface area contributed by atoms with E-state index < -0.39 is 0 Å². The Morgan fingerprint density at radius 1 is 1.30 bits per heavy atom. The fraction of sp³-hybridized carbons (Fsp3) is 0.700. The van der Waals surface area contributed by atoms with Crippen LogP contribution >= 0.6 is 0 Å². The largest absolute Gasteiger partial charge is 0.497 e. The van der Waals surface area contributed by atoms with E-state index in [-0.39, 0.29) is 5.41 Å². The molecule has 1 heterocycles. The average Bonchev–Trinajstić information content (AvgIpc) is 2.62. The molecular weight excluding hydrogens is 286 g/mol. The van der Waals surface area contributed by atoms with Gasteiger partial charge in [0.15, 0.2) is 0 Å². The minimum atomic E-state index is 0.168. The molecule has 3 nitrogen and oxygen atoms in total. The highest BCUT2D eigenvalue weighted by atomic mass is 16.5.